The van der Waals surface area contributed by atoms with E-state index in [1.807, 2.05) is 24.3 Å². The monoisotopic (exact) mass is 320 g/mol. The van der Waals surface area contributed by atoms with Crippen LogP contribution in [0.3, 0.4) is 0 Å². The number of aliphatic hydroxyl groups excluding tert-OH is 1. The lowest BCUT2D eigenvalue weighted by Crippen LogP contribution is -2.00. The number of aliphatic carboxylic acids is 1. The second kappa shape index (κ2) is 16.8. The molecular weight excluding hydrogens is 288 g/mol. The van der Waals surface area contributed by atoms with Gasteiger partial charge in [-0.2, -0.15) is 0 Å². The van der Waals surface area contributed by atoms with E-state index < -0.39 is 5.97 Å². The Morgan fingerprint density at radius 1 is 0.957 bits per heavy atom. The minimum Gasteiger partial charge on any atom is -0.481 e. The predicted octanol–water partition coefficient (Wildman–Crippen LogP) is 5.19. The van der Waals surface area contributed by atoms with Crippen molar-refractivity contribution in [2.24, 2.45) is 0 Å². The van der Waals surface area contributed by atoms with Crippen LogP contribution in [0.1, 0.15) is 64.7 Å². The molecule has 0 spiro atoms. The first-order valence-corrected chi connectivity index (χ1v) is 8.70. The highest BCUT2D eigenvalue weighted by molar-refractivity contribution is 5.66. The van der Waals surface area contributed by atoms with Crippen LogP contribution in [-0.4, -0.2) is 22.3 Å². The summed E-state index contributed by atoms with van der Waals surface area (Å²) in [4.78, 5) is 10.3. The molecule has 2 N–H and O–H groups in total. The molecule has 1 atom stereocenters. The van der Waals surface area contributed by atoms with Crippen LogP contribution in [-0.2, 0) is 4.79 Å². The molecule has 0 aromatic rings. The third-order valence-corrected chi connectivity index (χ3v) is 3.32. The molecule has 1 unspecified atom stereocenters. The molecule has 0 aromatic heterocycles. The molecule has 0 aliphatic carbocycles. The zero-order valence-electron chi connectivity index (χ0n) is 14.4. The SMILES string of the molecule is CCCCCC(O)/C=C/C=C/C/C=C/C/C=C/CCCC(=O)O. The average molecular weight is 320 g/mol. The van der Waals surface area contributed by atoms with Gasteiger partial charge in [0, 0.05) is 6.42 Å². The van der Waals surface area contributed by atoms with Gasteiger partial charge in [0.2, 0.25) is 0 Å². The van der Waals surface area contributed by atoms with E-state index in [4.69, 9.17) is 5.11 Å². The summed E-state index contributed by atoms with van der Waals surface area (Å²) >= 11 is 0. The minimum atomic E-state index is -0.729. The summed E-state index contributed by atoms with van der Waals surface area (Å²) in [5.41, 5.74) is 0. The molecule has 0 saturated heterocycles. The molecule has 0 amide bonds. The molecule has 3 nitrogen and oxygen atoms in total. The number of carboxylic acid groups (broad SMARTS) is 1. The van der Waals surface area contributed by atoms with Gasteiger partial charge in [0.05, 0.1) is 6.10 Å². The van der Waals surface area contributed by atoms with Crippen LogP contribution in [0.2, 0.25) is 0 Å². The van der Waals surface area contributed by atoms with Crippen LogP contribution in [0, 0.1) is 0 Å². The zero-order valence-corrected chi connectivity index (χ0v) is 14.4. The van der Waals surface area contributed by atoms with Crippen molar-refractivity contribution >= 4 is 5.97 Å². The van der Waals surface area contributed by atoms with Gasteiger partial charge in [0.1, 0.15) is 0 Å². The molecule has 23 heavy (non-hydrogen) atoms. The molecule has 130 valence electrons. The smallest absolute Gasteiger partial charge is 0.303 e. The standard InChI is InChI=1S/C20H32O3/c1-2-3-13-16-19(21)17-14-11-9-7-5-4-6-8-10-12-15-18-20(22)23/h4-5,8-11,14,17,19,21H,2-3,6-7,12-13,15-16,18H2,1H3,(H,22,23)/b5-4+,10-8+,11-9+,17-14+. The number of allylic oxidation sites excluding steroid dienone is 7. The van der Waals surface area contributed by atoms with Crippen molar-refractivity contribution in [2.75, 3.05) is 0 Å². The molecule has 0 saturated carbocycles. The normalized spacial score (nSPS) is 13.8. The Hall–Kier alpha value is -1.61. The Morgan fingerprint density at radius 2 is 1.65 bits per heavy atom. The van der Waals surface area contributed by atoms with E-state index in [1.165, 1.54) is 12.8 Å². The molecule has 0 aliphatic heterocycles. The van der Waals surface area contributed by atoms with Crippen molar-refractivity contribution in [3.63, 3.8) is 0 Å². The molecule has 0 rings (SSSR count). The summed E-state index contributed by atoms with van der Waals surface area (Å²) in [7, 11) is 0. The van der Waals surface area contributed by atoms with Gasteiger partial charge in [-0.3, -0.25) is 4.79 Å². The third-order valence-electron chi connectivity index (χ3n) is 3.32. The maximum Gasteiger partial charge on any atom is 0.303 e. The predicted molar refractivity (Wildman–Crippen MR) is 97.4 cm³/mol. The first-order valence-electron chi connectivity index (χ1n) is 8.70. The van der Waals surface area contributed by atoms with E-state index in [9.17, 15) is 9.90 Å². The van der Waals surface area contributed by atoms with Gasteiger partial charge in [-0.1, -0.05) is 74.8 Å². The summed E-state index contributed by atoms with van der Waals surface area (Å²) in [6.45, 7) is 2.16. The Morgan fingerprint density at radius 3 is 2.35 bits per heavy atom. The van der Waals surface area contributed by atoms with Crippen LogP contribution in [0.25, 0.3) is 0 Å². The Balaban J connectivity index is 3.57. The summed E-state index contributed by atoms with van der Waals surface area (Å²) in [6, 6.07) is 0. The topological polar surface area (TPSA) is 57.5 Å². The maximum absolute atomic E-state index is 10.3. The lowest BCUT2D eigenvalue weighted by molar-refractivity contribution is -0.137. The molecule has 0 fully saturated rings. The molecule has 0 radical (unpaired) electrons. The molecule has 0 aromatic carbocycles. The Kier molecular flexibility index (Phi) is 15.6. The number of aliphatic hydroxyl groups is 1. The molecular formula is C20H32O3. The second-order valence-corrected chi connectivity index (χ2v) is 5.58. The second-order valence-electron chi connectivity index (χ2n) is 5.58. The molecule has 0 aliphatic rings. The zero-order chi connectivity index (χ0) is 17.2. The third kappa shape index (κ3) is 18.3. The van der Waals surface area contributed by atoms with E-state index in [0.29, 0.717) is 6.42 Å². The van der Waals surface area contributed by atoms with Gasteiger partial charge < -0.3 is 10.2 Å². The van der Waals surface area contributed by atoms with Crippen molar-refractivity contribution < 1.29 is 15.0 Å². The Labute approximate surface area is 141 Å². The van der Waals surface area contributed by atoms with Gasteiger partial charge in [-0.15, -0.1) is 0 Å². The van der Waals surface area contributed by atoms with E-state index in [2.05, 4.69) is 31.2 Å². The highest BCUT2D eigenvalue weighted by Gasteiger charge is 1.96. The van der Waals surface area contributed by atoms with Crippen LogP contribution in [0.15, 0.2) is 48.6 Å². The summed E-state index contributed by atoms with van der Waals surface area (Å²) in [5.74, 6) is -0.729. The first kappa shape index (κ1) is 21.4. The van der Waals surface area contributed by atoms with Crippen LogP contribution in [0.4, 0.5) is 0 Å². The average Bonchev–Trinajstić information content (AvgIpc) is 2.51. The minimum absolute atomic E-state index is 0.242. The highest BCUT2D eigenvalue weighted by Crippen LogP contribution is 2.04. The summed E-state index contributed by atoms with van der Waals surface area (Å²) < 4.78 is 0. The number of rotatable bonds is 14. The van der Waals surface area contributed by atoms with Crippen molar-refractivity contribution in [3.05, 3.63) is 48.6 Å². The number of carboxylic acids is 1. The number of hydrogen-bond acceptors (Lipinski definition) is 2. The quantitative estimate of drug-likeness (QED) is 0.263. The summed E-state index contributed by atoms with van der Waals surface area (Å²) in [5, 5.41) is 18.2. The first-order chi connectivity index (χ1) is 11.2. The summed E-state index contributed by atoms with van der Waals surface area (Å²) in [6.07, 6.45) is 23.6. The van der Waals surface area contributed by atoms with Crippen molar-refractivity contribution in [2.45, 2.75) is 70.8 Å². The fourth-order valence-electron chi connectivity index (χ4n) is 1.98. The van der Waals surface area contributed by atoms with E-state index in [0.717, 1.165) is 32.1 Å². The van der Waals surface area contributed by atoms with Gasteiger partial charge in [-0.05, 0) is 32.1 Å². The highest BCUT2D eigenvalue weighted by atomic mass is 16.4. The van der Waals surface area contributed by atoms with Gasteiger partial charge >= 0.3 is 5.97 Å². The van der Waals surface area contributed by atoms with Crippen LogP contribution in [0.5, 0.6) is 0 Å². The van der Waals surface area contributed by atoms with Gasteiger partial charge in [0.15, 0.2) is 0 Å². The number of carbonyl (C=O) groups is 1. The van der Waals surface area contributed by atoms with E-state index in [-0.39, 0.29) is 12.5 Å². The fraction of sp³-hybridized carbons (Fsp3) is 0.550. The van der Waals surface area contributed by atoms with E-state index >= 15 is 0 Å². The van der Waals surface area contributed by atoms with E-state index in [1.54, 1.807) is 0 Å². The number of hydrogen-bond donors (Lipinski definition) is 2. The lowest BCUT2D eigenvalue weighted by atomic mass is 10.1. The molecule has 0 heterocycles. The lowest BCUT2D eigenvalue weighted by Gasteiger charge is -2.02. The van der Waals surface area contributed by atoms with Crippen molar-refractivity contribution in [1.29, 1.82) is 0 Å². The van der Waals surface area contributed by atoms with Gasteiger partial charge in [-0.25, -0.2) is 0 Å². The fourth-order valence-corrected chi connectivity index (χ4v) is 1.98. The molecule has 0 bridgehead atoms. The van der Waals surface area contributed by atoms with Crippen LogP contribution >= 0.6 is 0 Å². The number of unbranched alkanes of at least 4 members (excludes halogenated alkanes) is 3. The van der Waals surface area contributed by atoms with Gasteiger partial charge in [0.25, 0.3) is 0 Å². The Bertz CT molecular complexity index is 392. The maximum atomic E-state index is 10.3. The van der Waals surface area contributed by atoms with Crippen molar-refractivity contribution in [3.8, 4) is 0 Å². The van der Waals surface area contributed by atoms with Crippen LogP contribution < -0.4 is 0 Å². The largest absolute Gasteiger partial charge is 0.481 e. The van der Waals surface area contributed by atoms with Crippen molar-refractivity contribution in [1.82, 2.24) is 0 Å². The molecule has 3 heteroatoms.